The number of nitrogens with two attached hydrogens (primary N) is 1. The molecule has 1 unspecified atom stereocenters. The van der Waals surface area contributed by atoms with Gasteiger partial charge in [-0.2, -0.15) is 0 Å². The Morgan fingerprint density at radius 1 is 1.05 bits per heavy atom. The molecule has 2 amide bonds. The lowest BCUT2D eigenvalue weighted by atomic mass is 10.1. The van der Waals surface area contributed by atoms with Crippen LogP contribution in [-0.2, 0) is 23.9 Å². The zero-order valence-corrected chi connectivity index (χ0v) is 24.6. The first-order valence-electron chi connectivity index (χ1n) is 14.0. The minimum absolute atomic E-state index is 0.0330. The van der Waals surface area contributed by atoms with E-state index in [1.807, 2.05) is 6.07 Å². The van der Waals surface area contributed by atoms with Crippen LogP contribution in [0.3, 0.4) is 0 Å². The Labute approximate surface area is 255 Å². The van der Waals surface area contributed by atoms with Crippen molar-refractivity contribution in [3.63, 3.8) is 0 Å². The normalized spacial score (nSPS) is 13.0. The molecule has 4 rings (SSSR count). The number of esters is 1. The minimum Gasteiger partial charge on any atom is -0.481 e. The lowest BCUT2D eigenvalue weighted by molar-refractivity contribution is -0.145. The maximum absolute atomic E-state index is 13.6. The van der Waals surface area contributed by atoms with Gasteiger partial charge in [0.15, 0.2) is 6.61 Å². The van der Waals surface area contributed by atoms with Gasteiger partial charge in [0, 0.05) is 42.8 Å². The summed E-state index contributed by atoms with van der Waals surface area (Å²) in [4.78, 5) is 48.8. The SMILES string of the molecule is CC(=O)O.CCOC(=O)COc1cc(NC(=O)C(Oc2cccc(C(=N)N)c2)c2ccccc2)ccc1N1CCCCC1=O. The van der Waals surface area contributed by atoms with Gasteiger partial charge in [-0.3, -0.25) is 19.8 Å². The topological polar surface area (TPSA) is 181 Å². The van der Waals surface area contributed by atoms with Gasteiger partial charge in [-0.15, -0.1) is 0 Å². The second-order valence-corrected chi connectivity index (χ2v) is 9.64. The van der Waals surface area contributed by atoms with E-state index in [0.717, 1.165) is 19.8 Å². The number of piperidine rings is 1. The highest BCUT2D eigenvalue weighted by Gasteiger charge is 2.26. The van der Waals surface area contributed by atoms with Crippen molar-refractivity contribution >= 4 is 41.0 Å². The van der Waals surface area contributed by atoms with Crippen LogP contribution >= 0.6 is 0 Å². The molecule has 232 valence electrons. The van der Waals surface area contributed by atoms with Crippen molar-refractivity contribution in [2.45, 2.75) is 39.2 Å². The Balaban J connectivity index is 0.00000124. The highest BCUT2D eigenvalue weighted by molar-refractivity contribution is 5.98. The van der Waals surface area contributed by atoms with Gasteiger partial charge >= 0.3 is 5.97 Å². The molecule has 1 heterocycles. The predicted octanol–water partition coefficient (Wildman–Crippen LogP) is 4.28. The number of benzene rings is 3. The van der Waals surface area contributed by atoms with Gasteiger partial charge in [0.1, 0.15) is 17.3 Å². The molecule has 1 saturated heterocycles. The van der Waals surface area contributed by atoms with E-state index >= 15 is 0 Å². The van der Waals surface area contributed by atoms with Gasteiger partial charge in [-0.1, -0.05) is 42.5 Å². The average Bonchev–Trinajstić information content (AvgIpc) is 3.00. The van der Waals surface area contributed by atoms with Gasteiger partial charge in [0.25, 0.3) is 11.9 Å². The number of amides is 2. The van der Waals surface area contributed by atoms with Crippen LogP contribution < -0.4 is 25.4 Å². The van der Waals surface area contributed by atoms with E-state index in [4.69, 9.17) is 35.3 Å². The number of carboxylic acid groups (broad SMARTS) is 1. The van der Waals surface area contributed by atoms with E-state index in [0.29, 0.717) is 41.2 Å². The number of carbonyl (C=O) groups is 4. The number of nitrogens with one attached hydrogen (secondary N) is 2. The van der Waals surface area contributed by atoms with E-state index in [1.165, 1.54) is 0 Å². The van der Waals surface area contributed by atoms with Crippen molar-refractivity contribution in [3.8, 4) is 11.5 Å². The van der Waals surface area contributed by atoms with Crippen LogP contribution in [0.2, 0.25) is 0 Å². The summed E-state index contributed by atoms with van der Waals surface area (Å²) in [7, 11) is 0. The maximum Gasteiger partial charge on any atom is 0.344 e. The summed E-state index contributed by atoms with van der Waals surface area (Å²) in [6.45, 7) is 3.19. The van der Waals surface area contributed by atoms with E-state index in [2.05, 4.69) is 5.32 Å². The molecule has 44 heavy (non-hydrogen) atoms. The summed E-state index contributed by atoms with van der Waals surface area (Å²) in [6.07, 6.45) is 1.06. The van der Waals surface area contributed by atoms with Gasteiger partial charge in [0.2, 0.25) is 12.0 Å². The average molecular weight is 605 g/mol. The first-order valence-corrected chi connectivity index (χ1v) is 14.0. The third-order valence-electron chi connectivity index (χ3n) is 6.23. The monoisotopic (exact) mass is 604 g/mol. The van der Waals surface area contributed by atoms with Crippen LogP contribution in [0.1, 0.15) is 50.3 Å². The van der Waals surface area contributed by atoms with Crippen LogP contribution in [0.4, 0.5) is 11.4 Å². The Hall–Kier alpha value is -5.39. The van der Waals surface area contributed by atoms with E-state index in [9.17, 15) is 14.4 Å². The highest BCUT2D eigenvalue weighted by Crippen LogP contribution is 2.34. The van der Waals surface area contributed by atoms with Crippen LogP contribution in [-0.4, -0.2) is 54.5 Å². The molecule has 5 N–H and O–H groups in total. The Morgan fingerprint density at radius 3 is 2.43 bits per heavy atom. The van der Waals surface area contributed by atoms with E-state index in [-0.39, 0.29) is 30.7 Å². The second kappa shape index (κ2) is 16.3. The van der Waals surface area contributed by atoms with E-state index in [1.54, 1.807) is 78.6 Å². The number of carbonyl (C=O) groups excluding carboxylic acids is 3. The smallest absolute Gasteiger partial charge is 0.344 e. The lowest BCUT2D eigenvalue weighted by Crippen LogP contribution is -2.35. The molecule has 12 heteroatoms. The number of carboxylic acids is 1. The van der Waals surface area contributed by atoms with Crippen molar-refractivity contribution in [1.29, 1.82) is 5.41 Å². The van der Waals surface area contributed by atoms with Gasteiger partial charge in [0.05, 0.1) is 12.3 Å². The lowest BCUT2D eigenvalue weighted by Gasteiger charge is -2.28. The van der Waals surface area contributed by atoms with Gasteiger partial charge in [-0.25, -0.2) is 4.79 Å². The number of ether oxygens (including phenoxy) is 3. The van der Waals surface area contributed by atoms with Gasteiger partial charge < -0.3 is 35.3 Å². The first kappa shape index (κ1) is 33.1. The molecule has 12 nitrogen and oxygen atoms in total. The zero-order chi connectivity index (χ0) is 32.1. The second-order valence-electron chi connectivity index (χ2n) is 9.64. The third kappa shape index (κ3) is 9.86. The van der Waals surface area contributed by atoms with E-state index < -0.39 is 23.9 Å². The number of hydrogen-bond donors (Lipinski definition) is 4. The molecule has 0 saturated carbocycles. The number of hydrogen-bond acceptors (Lipinski definition) is 8. The largest absolute Gasteiger partial charge is 0.481 e. The number of nitrogens with zero attached hydrogens (tertiary/aromatic N) is 1. The van der Waals surface area contributed by atoms with Crippen LogP contribution in [0, 0.1) is 5.41 Å². The fourth-order valence-electron chi connectivity index (χ4n) is 4.31. The highest BCUT2D eigenvalue weighted by atomic mass is 16.6. The summed E-state index contributed by atoms with van der Waals surface area (Å²) in [6, 6.07) is 20.6. The molecule has 1 fully saturated rings. The van der Waals surface area contributed by atoms with Crippen molar-refractivity contribution in [1.82, 2.24) is 0 Å². The van der Waals surface area contributed by atoms with Crippen molar-refractivity contribution < 1.29 is 38.5 Å². The maximum atomic E-state index is 13.6. The molecule has 3 aromatic carbocycles. The fourth-order valence-corrected chi connectivity index (χ4v) is 4.31. The molecular weight excluding hydrogens is 568 g/mol. The summed E-state index contributed by atoms with van der Waals surface area (Å²) in [5.74, 6) is -1.35. The number of anilines is 2. The van der Waals surface area contributed by atoms with Crippen molar-refractivity contribution in [2.75, 3.05) is 30.0 Å². The standard InChI is InChI=1S/C30H32N4O6.C2H4O2/c1-2-38-27(36)19-39-25-18-22(14-15-24(25)34-16-7-6-13-26(34)35)33-30(37)28(20-9-4-3-5-10-20)40-23-12-8-11-21(17-23)29(31)32;1-2(3)4/h3-5,8-12,14-15,17-18,28H,2,6-7,13,16,19H2,1H3,(H3,31,32)(H,33,37);1H3,(H,3,4). The molecule has 1 aliphatic heterocycles. The molecule has 1 atom stereocenters. The molecule has 0 spiro atoms. The first-order chi connectivity index (χ1) is 21.1. The van der Waals surface area contributed by atoms with Crippen molar-refractivity contribution in [3.05, 3.63) is 83.9 Å². The summed E-state index contributed by atoms with van der Waals surface area (Å²) < 4.78 is 16.8. The third-order valence-corrected chi connectivity index (χ3v) is 6.23. The molecule has 0 aliphatic carbocycles. The molecule has 0 radical (unpaired) electrons. The molecule has 0 aromatic heterocycles. The van der Waals surface area contributed by atoms with Gasteiger partial charge in [-0.05, 0) is 44.0 Å². The quantitative estimate of drug-likeness (QED) is 0.141. The Bertz CT molecular complexity index is 1470. The zero-order valence-electron chi connectivity index (χ0n) is 24.6. The van der Waals surface area contributed by atoms with Crippen molar-refractivity contribution in [2.24, 2.45) is 5.73 Å². The molecule has 3 aromatic rings. The Morgan fingerprint density at radius 2 is 1.77 bits per heavy atom. The Kier molecular flexibility index (Phi) is 12.3. The number of rotatable bonds is 11. The summed E-state index contributed by atoms with van der Waals surface area (Å²) in [5, 5.41) is 18.0. The number of nitrogen functional groups attached to an aromatic ring is 1. The van der Waals surface area contributed by atoms with Crippen LogP contribution in [0.5, 0.6) is 11.5 Å². The van der Waals surface area contributed by atoms with Crippen LogP contribution in [0.15, 0.2) is 72.8 Å². The molecular formula is C32H36N4O8. The molecule has 0 bridgehead atoms. The minimum atomic E-state index is -1.03. The summed E-state index contributed by atoms with van der Waals surface area (Å²) in [5.41, 5.74) is 7.61. The number of aliphatic carboxylic acids is 1. The number of amidine groups is 1. The summed E-state index contributed by atoms with van der Waals surface area (Å²) >= 11 is 0. The van der Waals surface area contributed by atoms with Crippen LogP contribution in [0.25, 0.3) is 0 Å². The predicted molar refractivity (Wildman–Crippen MR) is 164 cm³/mol. The molecule has 1 aliphatic rings. The fraction of sp³-hybridized carbons (Fsp3) is 0.281.